The SMILES string of the molecule is COc1ccc(OCCNc2nccc(NCc3ccccc3F)n2)cc1. The van der Waals surface area contributed by atoms with Crippen LogP contribution in [0.2, 0.25) is 0 Å². The van der Waals surface area contributed by atoms with Crippen molar-refractivity contribution in [3.63, 3.8) is 0 Å². The van der Waals surface area contributed by atoms with E-state index in [1.54, 1.807) is 37.6 Å². The molecule has 0 fully saturated rings. The molecule has 1 aromatic heterocycles. The van der Waals surface area contributed by atoms with E-state index in [9.17, 15) is 4.39 Å². The molecule has 0 spiro atoms. The van der Waals surface area contributed by atoms with Crippen LogP contribution in [0.1, 0.15) is 5.56 Å². The monoisotopic (exact) mass is 368 g/mol. The van der Waals surface area contributed by atoms with Crippen LogP contribution in [0.4, 0.5) is 16.2 Å². The summed E-state index contributed by atoms with van der Waals surface area (Å²) in [5.74, 6) is 2.40. The van der Waals surface area contributed by atoms with E-state index in [1.807, 2.05) is 24.3 Å². The quantitative estimate of drug-likeness (QED) is 0.561. The van der Waals surface area contributed by atoms with Gasteiger partial charge < -0.3 is 20.1 Å². The predicted molar refractivity (Wildman–Crippen MR) is 103 cm³/mol. The summed E-state index contributed by atoms with van der Waals surface area (Å²) in [5.41, 5.74) is 0.582. The van der Waals surface area contributed by atoms with Gasteiger partial charge in [-0.2, -0.15) is 4.98 Å². The molecule has 27 heavy (non-hydrogen) atoms. The Kier molecular flexibility index (Phi) is 6.40. The lowest BCUT2D eigenvalue weighted by Crippen LogP contribution is -2.14. The Morgan fingerprint density at radius 2 is 1.74 bits per heavy atom. The van der Waals surface area contributed by atoms with E-state index >= 15 is 0 Å². The van der Waals surface area contributed by atoms with Gasteiger partial charge in [-0.25, -0.2) is 9.37 Å². The molecule has 1 heterocycles. The number of ether oxygens (including phenoxy) is 2. The highest BCUT2D eigenvalue weighted by molar-refractivity contribution is 5.40. The number of aromatic nitrogens is 2. The van der Waals surface area contributed by atoms with Crippen LogP contribution in [-0.4, -0.2) is 30.2 Å². The van der Waals surface area contributed by atoms with E-state index in [0.29, 0.717) is 37.0 Å². The Balaban J connectivity index is 1.45. The number of anilines is 2. The summed E-state index contributed by atoms with van der Waals surface area (Å²) < 4.78 is 24.4. The molecule has 0 aliphatic carbocycles. The van der Waals surface area contributed by atoms with Gasteiger partial charge in [0.2, 0.25) is 5.95 Å². The molecule has 3 rings (SSSR count). The maximum atomic E-state index is 13.7. The van der Waals surface area contributed by atoms with Crippen LogP contribution >= 0.6 is 0 Å². The lowest BCUT2D eigenvalue weighted by Gasteiger charge is -2.10. The molecule has 0 radical (unpaired) electrons. The topological polar surface area (TPSA) is 68.3 Å². The van der Waals surface area contributed by atoms with Gasteiger partial charge in [-0.3, -0.25) is 0 Å². The fraction of sp³-hybridized carbons (Fsp3) is 0.200. The third kappa shape index (κ3) is 5.57. The first-order valence-corrected chi connectivity index (χ1v) is 8.55. The molecule has 0 saturated heterocycles. The van der Waals surface area contributed by atoms with E-state index in [1.165, 1.54) is 6.07 Å². The average Bonchev–Trinajstić information content (AvgIpc) is 2.71. The minimum absolute atomic E-state index is 0.243. The summed E-state index contributed by atoms with van der Waals surface area (Å²) >= 11 is 0. The van der Waals surface area contributed by atoms with E-state index < -0.39 is 0 Å². The minimum Gasteiger partial charge on any atom is -0.497 e. The number of methoxy groups -OCH3 is 1. The molecule has 2 N–H and O–H groups in total. The number of nitrogens with one attached hydrogen (secondary N) is 2. The van der Waals surface area contributed by atoms with Crippen LogP contribution in [0.25, 0.3) is 0 Å². The van der Waals surface area contributed by atoms with Crippen molar-refractivity contribution in [3.8, 4) is 11.5 Å². The summed E-state index contributed by atoms with van der Waals surface area (Å²) in [6.07, 6.45) is 1.64. The van der Waals surface area contributed by atoms with Crippen LogP contribution < -0.4 is 20.1 Å². The number of hydrogen-bond donors (Lipinski definition) is 2. The average molecular weight is 368 g/mol. The van der Waals surface area contributed by atoms with Crippen LogP contribution in [0, 0.1) is 5.82 Å². The molecule has 0 atom stereocenters. The standard InChI is InChI=1S/C20H21FN4O2/c1-26-16-6-8-17(9-7-16)27-13-12-23-20-22-11-10-19(25-20)24-14-15-4-2-3-5-18(15)21/h2-11H,12-14H2,1H3,(H2,22,23,24,25). The van der Waals surface area contributed by atoms with Gasteiger partial charge in [0.05, 0.1) is 13.7 Å². The van der Waals surface area contributed by atoms with Crippen LogP contribution in [0.15, 0.2) is 60.8 Å². The van der Waals surface area contributed by atoms with Gasteiger partial charge in [0, 0.05) is 18.3 Å². The number of nitrogens with zero attached hydrogens (tertiary/aromatic N) is 2. The normalized spacial score (nSPS) is 10.3. The first-order valence-electron chi connectivity index (χ1n) is 8.55. The molecule has 0 aliphatic heterocycles. The molecule has 3 aromatic rings. The molecular formula is C20H21FN4O2. The highest BCUT2D eigenvalue weighted by atomic mass is 19.1. The molecule has 0 bridgehead atoms. The molecule has 0 amide bonds. The molecule has 7 heteroatoms. The highest BCUT2D eigenvalue weighted by Gasteiger charge is 2.03. The molecule has 140 valence electrons. The predicted octanol–water partition coefficient (Wildman–Crippen LogP) is 3.73. The maximum Gasteiger partial charge on any atom is 0.224 e. The van der Waals surface area contributed by atoms with Crippen molar-refractivity contribution >= 4 is 11.8 Å². The summed E-state index contributed by atoms with van der Waals surface area (Å²) in [5, 5.41) is 6.20. The second-order valence-electron chi connectivity index (χ2n) is 5.66. The second-order valence-corrected chi connectivity index (χ2v) is 5.66. The highest BCUT2D eigenvalue weighted by Crippen LogP contribution is 2.17. The molecule has 6 nitrogen and oxygen atoms in total. The minimum atomic E-state index is -0.243. The number of rotatable bonds is 9. The van der Waals surface area contributed by atoms with Crippen molar-refractivity contribution in [3.05, 3.63) is 72.2 Å². The Morgan fingerprint density at radius 3 is 2.52 bits per heavy atom. The Labute approximate surface area is 157 Å². The van der Waals surface area contributed by atoms with Crippen molar-refractivity contribution in [1.29, 1.82) is 0 Å². The van der Waals surface area contributed by atoms with Gasteiger partial charge in [-0.05, 0) is 36.4 Å². The first-order chi connectivity index (χ1) is 13.2. The zero-order valence-electron chi connectivity index (χ0n) is 15.0. The smallest absolute Gasteiger partial charge is 0.224 e. The number of hydrogen-bond acceptors (Lipinski definition) is 6. The lowest BCUT2D eigenvalue weighted by molar-refractivity contribution is 0.331. The fourth-order valence-electron chi connectivity index (χ4n) is 2.37. The van der Waals surface area contributed by atoms with Gasteiger partial charge in [0.15, 0.2) is 0 Å². The van der Waals surface area contributed by atoms with Gasteiger partial charge in [-0.1, -0.05) is 18.2 Å². The Morgan fingerprint density at radius 1 is 0.963 bits per heavy atom. The van der Waals surface area contributed by atoms with E-state index in [0.717, 1.165) is 11.5 Å². The summed E-state index contributed by atoms with van der Waals surface area (Å²) in [6, 6.07) is 15.8. The molecular weight excluding hydrogens is 347 g/mol. The number of halogens is 1. The largest absolute Gasteiger partial charge is 0.497 e. The van der Waals surface area contributed by atoms with Crippen LogP contribution in [0.5, 0.6) is 11.5 Å². The maximum absolute atomic E-state index is 13.7. The van der Waals surface area contributed by atoms with Crippen LogP contribution in [0.3, 0.4) is 0 Å². The third-order valence-electron chi connectivity index (χ3n) is 3.79. The Hall–Kier alpha value is -3.35. The first kappa shape index (κ1) is 18.4. The molecule has 0 aliphatic rings. The zero-order valence-corrected chi connectivity index (χ0v) is 15.0. The third-order valence-corrected chi connectivity index (χ3v) is 3.79. The summed E-state index contributed by atoms with van der Waals surface area (Å²) in [6.45, 7) is 1.36. The van der Waals surface area contributed by atoms with Gasteiger partial charge in [0.1, 0.15) is 29.7 Å². The Bertz CT molecular complexity index is 859. The molecule has 2 aromatic carbocycles. The van der Waals surface area contributed by atoms with Crippen molar-refractivity contribution in [1.82, 2.24) is 9.97 Å². The van der Waals surface area contributed by atoms with E-state index in [4.69, 9.17) is 9.47 Å². The molecule has 0 unspecified atom stereocenters. The van der Waals surface area contributed by atoms with E-state index in [2.05, 4.69) is 20.6 Å². The fourth-order valence-corrected chi connectivity index (χ4v) is 2.37. The lowest BCUT2D eigenvalue weighted by atomic mass is 10.2. The van der Waals surface area contributed by atoms with E-state index in [-0.39, 0.29) is 5.82 Å². The van der Waals surface area contributed by atoms with Crippen molar-refractivity contribution in [2.75, 3.05) is 30.9 Å². The van der Waals surface area contributed by atoms with Crippen molar-refractivity contribution in [2.24, 2.45) is 0 Å². The number of benzene rings is 2. The second kappa shape index (κ2) is 9.38. The van der Waals surface area contributed by atoms with Gasteiger partial charge in [-0.15, -0.1) is 0 Å². The molecule has 0 saturated carbocycles. The van der Waals surface area contributed by atoms with Gasteiger partial charge in [0.25, 0.3) is 0 Å². The van der Waals surface area contributed by atoms with Gasteiger partial charge >= 0.3 is 0 Å². The zero-order chi connectivity index (χ0) is 18.9. The summed E-state index contributed by atoms with van der Waals surface area (Å²) in [7, 11) is 1.62. The summed E-state index contributed by atoms with van der Waals surface area (Å²) in [4.78, 5) is 8.53. The van der Waals surface area contributed by atoms with Crippen LogP contribution in [-0.2, 0) is 6.54 Å². The van der Waals surface area contributed by atoms with Crippen molar-refractivity contribution in [2.45, 2.75) is 6.54 Å². The van der Waals surface area contributed by atoms with Crippen molar-refractivity contribution < 1.29 is 13.9 Å².